The minimum absolute atomic E-state index is 0.123. The summed E-state index contributed by atoms with van der Waals surface area (Å²) in [5, 5.41) is 0. The molecule has 102 heavy (non-hydrogen) atoms. The van der Waals surface area contributed by atoms with Crippen LogP contribution in [0.2, 0.25) is 0 Å². The quantitative estimate of drug-likeness (QED) is 0.0587. The third-order valence-electron chi connectivity index (χ3n) is 15.6. The van der Waals surface area contributed by atoms with Crippen LogP contribution in [0.5, 0.6) is 0 Å². The molecule has 0 radical (unpaired) electrons. The second-order valence-electron chi connectivity index (χ2n) is 20.9. The standard InChI is InChI=1S/2C26H5B2F20NO2/c2*1-2-49-27(3-7(29)15(37)23(45)16(38)8(3)30,4-9(31)17(39)24(46)18(40)10(4)32)51-28(50-2,5-11(33)19(41)25(47)20(42)12(5)34)6-13(35)21(43)26(48)22(44)14(6)36/h2*49,51H,1H3. The van der Waals surface area contributed by atoms with Gasteiger partial charge in [0, 0.05) is 57.5 Å². The molecule has 2 aliphatic rings. The Kier molecular flexibility index (Phi) is 19.1. The fourth-order valence-electron chi connectivity index (χ4n) is 11.4. The van der Waals surface area contributed by atoms with Crippen molar-refractivity contribution in [2.75, 3.05) is 0 Å². The topological polar surface area (TPSA) is 72.0 Å². The van der Waals surface area contributed by atoms with E-state index in [0.29, 0.717) is 0 Å². The Labute approximate surface area is 531 Å². The second-order valence-corrected chi connectivity index (χ2v) is 20.9. The van der Waals surface area contributed by atoms with Crippen molar-refractivity contribution >= 4 is 81.6 Å². The zero-order valence-corrected chi connectivity index (χ0v) is 47.1. The summed E-state index contributed by atoms with van der Waals surface area (Å²) in [6.45, 7) is -24.7. The van der Waals surface area contributed by atoms with Gasteiger partial charge in [0.25, 0.3) is 0 Å². The van der Waals surface area contributed by atoms with Crippen molar-refractivity contribution in [3.8, 4) is 0 Å². The molecule has 50 heteroatoms. The highest BCUT2D eigenvalue weighted by molar-refractivity contribution is 7.05. The Morgan fingerprint density at radius 3 is 0.382 bits per heavy atom. The van der Waals surface area contributed by atoms with Crippen LogP contribution in [0.4, 0.5) is 176 Å². The molecule has 2 aliphatic heterocycles. The van der Waals surface area contributed by atoms with Gasteiger partial charge in [0.15, 0.2) is 140 Å². The van der Waals surface area contributed by atoms with Gasteiger partial charge in [-0.25, -0.2) is 176 Å². The lowest BCUT2D eigenvalue weighted by atomic mass is 9.34. The summed E-state index contributed by atoms with van der Waals surface area (Å²) in [5.74, 6) is -134. The lowest BCUT2D eigenvalue weighted by Gasteiger charge is -2.50. The molecule has 8 aromatic rings. The van der Waals surface area contributed by atoms with Crippen molar-refractivity contribution in [1.29, 1.82) is 0 Å². The molecule has 544 valence electrons. The predicted molar refractivity (Wildman–Crippen MR) is 260 cm³/mol. The molecule has 0 fully saturated rings. The molecular formula is C52H10B4F40N2O4. The van der Waals surface area contributed by atoms with Gasteiger partial charge < -0.3 is 28.3 Å². The Bertz CT molecular complexity index is 4330. The van der Waals surface area contributed by atoms with Crippen LogP contribution >= 0.6 is 0 Å². The van der Waals surface area contributed by atoms with Crippen molar-refractivity contribution in [1.82, 2.24) is 0 Å². The van der Waals surface area contributed by atoms with Gasteiger partial charge in [-0.15, -0.1) is 0 Å². The number of halogens is 40. The molecule has 0 bridgehead atoms. The second kappa shape index (κ2) is 25.5. The van der Waals surface area contributed by atoms with E-state index in [1.165, 1.54) is 9.81 Å². The molecule has 0 aromatic heterocycles. The molecule has 8 aromatic carbocycles. The Balaban J connectivity index is 0.000000237. The highest BCUT2D eigenvalue weighted by Crippen LogP contribution is 2.34. The summed E-state index contributed by atoms with van der Waals surface area (Å²) in [6.07, 6.45) is 0. The maximum Gasteiger partial charge on any atom is 0.582 e. The zero-order valence-electron chi connectivity index (χ0n) is 47.1. The molecular weight excluding hydrogens is 1520 g/mol. The van der Waals surface area contributed by atoms with Crippen molar-refractivity contribution in [3.05, 3.63) is 233 Å². The Morgan fingerprint density at radius 1 is 0.167 bits per heavy atom. The van der Waals surface area contributed by atoms with Gasteiger partial charge in [0.2, 0.25) is 11.8 Å². The van der Waals surface area contributed by atoms with Crippen molar-refractivity contribution in [2.45, 2.75) is 13.8 Å². The lowest BCUT2D eigenvalue weighted by molar-refractivity contribution is -0.350. The summed E-state index contributed by atoms with van der Waals surface area (Å²) in [4.78, 5) is 2.50. The van der Waals surface area contributed by atoms with Crippen LogP contribution in [0.25, 0.3) is 0 Å². The van der Waals surface area contributed by atoms with Gasteiger partial charge in [-0.05, 0) is 0 Å². The first kappa shape index (κ1) is 76.3. The monoisotopic (exact) mass is 1530 g/mol. The van der Waals surface area contributed by atoms with Crippen LogP contribution in [-0.4, -0.2) is 47.0 Å². The fraction of sp³-hybridized carbons (Fsp3) is 0.0385. The van der Waals surface area contributed by atoms with Crippen LogP contribution in [-0.2, 0) is 9.31 Å². The molecule has 6 nitrogen and oxygen atoms in total. The predicted octanol–water partition coefficient (Wildman–Crippen LogP) is 6.68. The summed E-state index contributed by atoms with van der Waals surface area (Å²) >= 11 is 0. The summed E-state index contributed by atoms with van der Waals surface area (Å²) in [7, 11) is 0. The maximum absolute atomic E-state index is 15.5. The molecule has 0 atom stereocenters. The first-order valence-electron chi connectivity index (χ1n) is 25.9. The van der Waals surface area contributed by atoms with E-state index in [1.807, 2.05) is 0 Å². The number of hydrogen-bond acceptors (Lipinski definition) is 2. The summed E-state index contributed by atoms with van der Waals surface area (Å²) in [6, 6.07) is 0. The Morgan fingerprint density at radius 2 is 0.265 bits per heavy atom. The van der Waals surface area contributed by atoms with Crippen LogP contribution in [0.1, 0.15) is 13.8 Å². The Hall–Kier alpha value is -9.92. The minimum Gasteiger partial charge on any atom is -0.832 e. The summed E-state index contributed by atoms with van der Waals surface area (Å²) < 4.78 is 610. The minimum atomic E-state index is -6.32. The zero-order chi connectivity index (χ0) is 77.1. The van der Waals surface area contributed by atoms with E-state index in [4.69, 9.17) is 9.31 Å². The average molecular weight is 1530 g/mol. The van der Waals surface area contributed by atoms with Crippen LogP contribution < -0.4 is 53.5 Å². The van der Waals surface area contributed by atoms with Gasteiger partial charge in [0.1, 0.15) is 93.1 Å². The molecule has 2 heterocycles. The number of rotatable bonds is 8. The lowest BCUT2D eigenvalue weighted by Crippen LogP contribution is -3.08. The first-order valence-corrected chi connectivity index (χ1v) is 25.9. The SMILES string of the molecule is CC1=[NH+][B-](c2c(F)c(F)c(F)c(F)c2F)(c2c(F)c(F)c(F)c(F)c2F)[OH+][B-](c2c(F)c(F)c(F)c(F)c2F)(c2c(F)c(F)c(F)c(F)c2F)O1.CC1=[NH+][B-](c2c(F)c(F)c(F)c(F)c2F)(c2c(F)c(F)c(F)c(F)c2F)[OH+][B-](c2c(F)c(F)c(F)c(F)c2F)(c2c(F)c(F)c(F)c(F)c2F)O1. The van der Waals surface area contributed by atoms with Crippen LogP contribution in [0.3, 0.4) is 0 Å². The molecule has 10 rings (SSSR count). The molecule has 0 amide bonds. The van der Waals surface area contributed by atoms with Gasteiger partial charge in [-0.2, -0.15) is 0 Å². The molecule has 0 unspecified atom stereocenters. The third kappa shape index (κ3) is 10.4. The number of benzene rings is 8. The summed E-state index contributed by atoms with van der Waals surface area (Å²) in [5.41, 5.74) is -24.0. The van der Waals surface area contributed by atoms with E-state index < -0.39 is 314 Å². The van der Waals surface area contributed by atoms with E-state index in [0.717, 1.165) is 0 Å². The van der Waals surface area contributed by atoms with Crippen molar-refractivity contribution < 1.29 is 204 Å². The van der Waals surface area contributed by atoms with E-state index in [9.17, 15) is 105 Å². The smallest absolute Gasteiger partial charge is 0.582 e. The first-order chi connectivity index (χ1) is 47.0. The van der Waals surface area contributed by atoms with E-state index >= 15 is 70.2 Å². The van der Waals surface area contributed by atoms with E-state index in [1.54, 1.807) is 0 Å². The van der Waals surface area contributed by atoms with Crippen LogP contribution in [0.15, 0.2) is 0 Å². The number of hydrogen-bond donors (Lipinski definition) is 2. The van der Waals surface area contributed by atoms with E-state index in [2.05, 4.69) is 9.14 Å². The van der Waals surface area contributed by atoms with Gasteiger partial charge in [-0.1, -0.05) is 0 Å². The van der Waals surface area contributed by atoms with Crippen molar-refractivity contribution in [3.63, 3.8) is 0 Å². The highest BCUT2D eigenvalue weighted by Gasteiger charge is 2.69. The average Bonchev–Trinajstić information content (AvgIpc) is 0.692. The van der Waals surface area contributed by atoms with Crippen molar-refractivity contribution in [2.24, 2.45) is 0 Å². The molecule has 0 saturated carbocycles. The maximum atomic E-state index is 15.5. The van der Waals surface area contributed by atoms with Gasteiger partial charge in [-0.3, -0.25) is 0 Å². The normalized spacial score (nSPS) is 15.3. The molecule has 0 spiro atoms. The highest BCUT2D eigenvalue weighted by atomic mass is 19.2. The third-order valence-corrected chi connectivity index (χ3v) is 15.6. The molecule has 0 saturated heterocycles. The van der Waals surface area contributed by atoms with Gasteiger partial charge in [0.05, 0.1) is 0 Å². The van der Waals surface area contributed by atoms with Crippen LogP contribution in [0, 0.1) is 233 Å². The van der Waals surface area contributed by atoms with E-state index in [-0.39, 0.29) is 13.8 Å². The molecule has 4 N–H and O–H groups in total. The fourth-order valence-corrected chi connectivity index (χ4v) is 11.4. The number of nitrogens with one attached hydrogen (secondary N) is 2. The largest absolute Gasteiger partial charge is 0.832 e. The molecule has 0 aliphatic carbocycles. The van der Waals surface area contributed by atoms with Gasteiger partial charge >= 0.3 is 26.1 Å².